The highest BCUT2D eigenvalue weighted by Gasteiger charge is 2.44. The van der Waals surface area contributed by atoms with Crippen LogP contribution >= 0.6 is 24.0 Å². The van der Waals surface area contributed by atoms with E-state index in [9.17, 15) is 9.18 Å². The fraction of sp³-hybridized carbons (Fsp3) is 0.619. The maximum atomic E-state index is 13.6. The molecule has 0 bridgehead atoms. The van der Waals surface area contributed by atoms with E-state index in [0.717, 1.165) is 70.2 Å². The monoisotopic (exact) mass is 517 g/mol. The number of aliphatic imine (C=N–C) groups is 1. The van der Waals surface area contributed by atoms with Gasteiger partial charge in [0.2, 0.25) is 5.91 Å². The van der Waals surface area contributed by atoms with Gasteiger partial charge in [0, 0.05) is 58.2 Å². The molecule has 2 fully saturated rings. The molecule has 1 amide bonds. The summed E-state index contributed by atoms with van der Waals surface area (Å²) >= 11 is 0. The van der Waals surface area contributed by atoms with Crippen molar-refractivity contribution in [2.45, 2.75) is 32.1 Å². The van der Waals surface area contributed by atoms with Crippen molar-refractivity contribution >= 4 is 35.8 Å². The second kappa shape index (κ2) is 11.1. The molecule has 0 atom stereocenters. The summed E-state index contributed by atoms with van der Waals surface area (Å²) in [5, 5.41) is 6.71. The summed E-state index contributed by atoms with van der Waals surface area (Å²) < 4.78 is 13.6. The molecule has 1 aromatic carbocycles. The molecule has 1 aliphatic carbocycles. The zero-order valence-corrected chi connectivity index (χ0v) is 19.7. The Morgan fingerprint density at radius 3 is 2.52 bits per heavy atom. The molecule has 0 radical (unpaired) electrons. The molecule has 2 N–H and O–H groups in total. The first-order valence-corrected chi connectivity index (χ1v) is 10.3. The molecule has 0 aromatic heterocycles. The highest BCUT2D eigenvalue weighted by molar-refractivity contribution is 14.0. The average Bonchev–Trinajstić information content (AvgIpc) is 3.48. The molecule has 1 saturated heterocycles. The standard InChI is InChI=1S/C21H32FN5O.HI/c1-3-23-20(24-9-10-26-11-13-27(14-12-26)17(2)28)25-16-21(7-8-21)18-5-4-6-19(22)15-18;/h4-6,15H,3,7-14,16H2,1-2H3,(H2,23,24,25);1H. The van der Waals surface area contributed by atoms with Crippen LogP contribution in [0.4, 0.5) is 4.39 Å². The minimum atomic E-state index is -0.178. The third-order valence-electron chi connectivity index (χ3n) is 5.71. The molecule has 1 saturated carbocycles. The highest BCUT2D eigenvalue weighted by Crippen LogP contribution is 2.48. The predicted octanol–water partition coefficient (Wildman–Crippen LogP) is 2.19. The quantitative estimate of drug-likeness (QED) is 0.331. The minimum absolute atomic E-state index is 0. The maximum absolute atomic E-state index is 13.6. The first-order chi connectivity index (χ1) is 13.5. The SMILES string of the molecule is CCNC(=NCC1(c2cccc(F)c2)CC1)NCCN1CCN(C(C)=O)CC1.I. The van der Waals surface area contributed by atoms with E-state index in [2.05, 4.69) is 22.5 Å². The number of nitrogens with one attached hydrogen (secondary N) is 2. The molecule has 29 heavy (non-hydrogen) atoms. The van der Waals surface area contributed by atoms with Crippen molar-refractivity contribution < 1.29 is 9.18 Å². The Morgan fingerprint density at radius 2 is 1.93 bits per heavy atom. The van der Waals surface area contributed by atoms with Gasteiger partial charge in [0.05, 0.1) is 6.54 Å². The number of hydrogen-bond acceptors (Lipinski definition) is 3. The van der Waals surface area contributed by atoms with Crippen LogP contribution in [0.15, 0.2) is 29.3 Å². The van der Waals surface area contributed by atoms with E-state index < -0.39 is 0 Å². The fourth-order valence-corrected chi connectivity index (χ4v) is 3.70. The minimum Gasteiger partial charge on any atom is -0.357 e. The lowest BCUT2D eigenvalue weighted by molar-refractivity contribution is -0.130. The number of benzene rings is 1. The number of rotatable bonds is 7. The van der Waals surface area contributed by atoms with Crippen molar-refractivity contribution in [3.8, 4) is 0 Å². The Bertz CT molecular complexity index is 702. The molecule has 1 heterocycles. The van der Waals surface area contributed by atoms with Gasteiger partial charge in [-0.3, -0.25) is 14.7 Å². The predicted molar refractivity (Wildman–Crippen MR) is 125 cm³/mol. The van der Waals surface area contributed by atoms with Crippen molar-refractivity contribution in [1.82, 2.24) is 20.4 Å². The Morgan fingerprint density at radius 1 is 1.21 bits per heavy atom. The summed E-state index contributed by atoms with van der Waals surface area (Å²) in [6.45, 7) is 10.3. The van der Waals surface area contributed by atoms with Crippen LogP contribution in [-0.2, 0) is 10.2 Å². The van der Waals surface area contributed by atoms with E-state index in [1.807, 2.05) is 11.0 Å². The smallest absolute Gasteiger partial charge is 0.219 e. The number of hydrogen-bond donors (Lipinski definition) is 2. The van der Waals surface area contributed by atoms with Crippen molar-refractivity contribution in [2.24, 2.45) is 4.99 Å². The van der Waals surface area contributed by atoms with Gasteiger partial charge >= 0.3 is 0 Å². The lowest BCUT2D eigenvalue weighted by atomic mass is 9.96. The molecule has 0 unspecified atom stereocenters. The molecule has 6 nitrogen and oxygen atoms in total. The van der Waals surface area contributed by atoms with Crippen LogP contribution < -0.4 is 10.6 Å². The summed E-state index contributed by atoms with van der Waals surface area (Å²) in [6.07, 6.45) is 2.11. The first kappa shape index (κ1) is 23.9. The molecule has 1 aromatic rings. The second-order valence-corrected chi connectivity index (χ2v) is 7.76. The lowest BCUT2D eigenvalue weighted by Gasteiger charge is -2.34. The molecule has 162 valence electrons. The van der Waals surface area contributed by atoms with Gasteiger partial charge in [-0.25, -0.2) is 4.39 Å². The van der Waals surface area contributed by atoms with Gasteiger partial charge in [0.15, 0.2) is 5.96 Å². The van der Waals surface area contributed by atoms with Crippen molar-refractivity contribution in [1.29, 1.82) is 0 Å². The molecule has 1 aliphatic heterocycles. The third-order valence-corrected chi connectivity index (χ3v) is 5.71. The Kier molecular flexibility index (Phi) is 9.13. The number of carbonyl (C=O) groups is 1. The zero-order chi connectivity index (χ0) is 20.0. The van der Waals surface area contributed by atoms with Gasteiger partial charge < -0.3 is 15.5 Å². The van der Waals surface area contributed by atoms with Crippen LogP contribution in [0.1, 0.15) is 32.3 Å². The summed E-state index contributed by atoms with van der Waals surface area (Å²) in [4.78, 5) is 20.4. The third kappa shape index (κ3) is 6.80. The number of carbonyl (C=O) groups excluding carboxylic acids is 1. The topological polar surface area (TPSA) is 60.0 Å². The van der Waals surface area contributed by atoms with Crippen LogP contribution in [0.5, 0.6) is 0 Å². The zero-order valence-electron chi connectivity index (χ0n) is 17.4. The van der Waals surface area contributed by atoms with Gasteiger partial charge in [0.25, 0.3) is 0 Å². The number of piperazine rings is 1. The molecular formula is C21H33FIN5O. The van der Waals surface area contributed by atoms with Crippen LogP contribution in [0.3, 0.4) is 0 Å². The largest absolute Gasteiger partial charge is 0.357 e. The molecule has 2 aliphatic rings. The lowest BCUT2D eigenvalue weighted by Crippen LogP contribution is -2.50. The van der Waals surface area contributed by atoms with Crippen LogP contribution in [-0.4, -0.2) is 74.0 Å². The van der Waals surface area contributed by atoms with E-state index in [4.69, 9.17) is 4.99 Å². The normalized spacial score (nSPS) is 18.7. The second-order valence-electron chi connectivity index (χ2n) is 7.76. The van der Waals surface area contributed by atoms with Crippen LogP contribution in [0, 0.1) is 5.82 Å². The van der Waals surface area contributed by atoms with Crippen LogP contribution in [0.2, 0.25) is 0 Å². The Hall–Kier alpha value is -1.42. The summed E-state index contributed by atoms with van der Waals surface area (Å²) in [5.41, 5.74) is 1.04. The van der Waals surface area contributed by atoms with E-state index in [0.29, 0.717) is 6.54 Å². The Labute approximate surface area is 190 Å². The highest BCUT2D eigenvalue weighted by atomic mass is 127. The Balaban J connectivity index is 0.00000300. The number of amides is 1. The van der Waals surface area contributed by atoms with Gasteiger partial charge in [-0.05, 0) is 37.5 Å². The van der Waals surface area contributed by atoms with Crippen LogP contribution in [0.25, 0.3) is 0 Å². The fourth-order valence-electron chi connectivity index (χ4n) is 3.70. The maximum Gasteiger partial charge on any atom is 0.219 e. The van der Waals surface area contributed by atoms with Gasteiger partial charge in [0.1, 0.15) is 5.82 Å². The van der Waals surface area contributed by atoms with Gasteiger partial charge in [-0.15, -0.1) is 24.0 Å². The molecule has 8 heteroatoms. The molecular weight excluding hydrogens is 484 g/mol. The van der Waals surface area contributed by atoms with E-state index >= 15 is 0 Å². The van der Waals surface area contributed by atoms with Gasteiger partial charge in [-0.1, -0.05) is 12.1 Å². The number of nitrogens with zero attached hydrogens (tertiary/aromatic N) is 3. The van der Waals surface area contributed by atoms with E-state index in [1.165, 1.54) is 6.07 Å². The summed E-state index contributed by atoms with van der Waals surface area (Å²) in [6, 6.07) is 6.92. The van der Waals surface area contributed by atoms with Gasteiger partial charge in [-0.2, -0.15) is 0 Å². The van der Waals surface area contributed by atoms with E-state index in [1.54, 1.807) is 19.1 Å². The molecule has 3 rings (SSSR count). The number of guanidine groups is 1. The van der Waals surface area contributed by atoms with Crippen molar-refractivity contribution in [2.75, 3.05) is 52.4 Å². The van der Waals surface area contributed by atoms with E-state index in [-0.39, 0.29) is 41.1 Å². The molecule has 0 spiro atoms. The first-order valence-electron chi connectivity index (χ1n) is 10.3. The summed E-state index contributed by atoms with van der Waals surface area (Å²) in [7, 11) is 0. The average molecular weight is 517 g/mol. The van der Waals surface area contributed by atoms with Crippen molar-refractivity contribution in [3.63, 3.8) is 0 Å². The van der Waals surface area contributed by atoms with Crippen molar-refractivity contribution in [3.05, 3.63) is 35.6 Å². The summed E-state index contributed by atoms with van der Waals surface area (Å²) in [5.74, 6) is 0.793. The number of halogens is 2.